The number of likely N-dealkylation sites (tertiary alicyclic amines) is 1. The highest BCUT2D eigenvalue weighted by atomic mass is 19.1. The van der Waals surface area contributed by atoms with E-state index in [4.69, 9.17) is 0 Å². The first-order valence-corrected chi connectivity index (χ1v) is 8.31. The lowest BCUT2D eigenvalue weighted by molar-refractivity contribution is 0.298. The highest BCUT2D eigenvalue weighted by Gasteiger charge is 2.26. The normalized spacial score (nSPS) is 24.4. The number of halogens is 1. The van der Waals surface area contributed by atoms with Crippen molar-refractivity contribution in [2.45, 2.75) is 39.7 Å². The second kappa shape index (κ2) is 7.90. The van der Waals surface area contributed by atoms with E-state index in [-0.39, 0.29) is 5.82 Å². The molecular weight excluding hydrogens is 263 g/mol. The average molecular weight is 292 g/mol. The van der Waals surface area contributed by atoms with Crippen LogP contribution in [0, 0.1) is 17.7 Å². The van der Waals surface area contributed by atoms with Crippen LogP contribution in [0.15, 0.2) is 24.3 Å². The molecule has 0 aliphatic carbocycles. The molecule has 0 radical (unpaired) electrons. The van der Waals surface area contributed by atoms with Crippen LogP contribution in [-0.4, -0.2) is 31.1 Å². The Morgan fingerprint density at radius 3 is 2.38 bits per heavy atom. The van der Waals surface area contributed by atoms with Gasteiger partial charge in [-0.25, -0.2) is 4.39 Å². The Balaban J connectivity index is 1.92. The molecule has 1 fully saturated rings. The molecule has 0 amide bonds. The fraction of sp³-hybridized carbons (Fsp3) is 0.667. The summed E-state index contributed by atoms with van der Waals surface area (Å²) in [4.78, 5) is 2.57. The van der Waals surface area contributed by atoms with Gasteiger partial charge < -0.3 is 10.2 Å². The standard InChI is InChI=1S/C18H29FN2/c1-4-10-20-18(16-5-7-17(19)8-6-16)9-11-21-12-14(2)15(3)13-21/h5-8,14-15,18,20H,4,9-13H2,1-3H3. The third-order valence-electron chi connectivity index (χ3n) is 4.71. The van der Waals surface area contributed by atoms with E-state index in [1.807, 2.05) is 12.1 Å². The fourth-order valence-corrected chi connectivity index (χ4v) is 3.14. The van der Waals surface area contributed by atoms with Crippen LogP contribution in [0.25, 0.3) is 0 Å². The summed E-state index contributed by atoms with van der Waals surface area (Å²) in [5.41, 5.74) is 1.20. The van der Waals surface area contributed by atoms with Crippen molar-refractivity contribution in [1.82, 2.24) is 10.2 Å². The molecule has 0 spiro atoms. The maximum absolute atomic E-state index is 13.1. The predicted octanol–water partition coefficient (Wildman–Crippen LogP) is 3.84. The molecule has 0 saturated carbocycles. The minimum atomic E-state index is -0.157. The number of hydrogen-bond acceptors (Lipinski definition) is 2. The van der Waals surface area contributed by atoms with Gasteiger partial charge in [0.25, 0.3) is 0 Å². The molecule has 1 aliphatic heterocycles. The van der Waals surface area contributed by atoms with E-state index < -0.39 is 0 Å². The zero-order valence-electron chi connectivity index (χ0n) is 13.6. The highest BCUT2D eigenvalue weighted by molar-refractivity contribution is 5.20. The molecule has 1 saturated heterocycles. The van der Waals surface area contributed by atoms with E-state index in [0.29, 0.717) is 6.04 Å². The summed E-state index contributed by atoms with van der Waals surface area (Å²) in [6.07, 6.45) is 2.21. The van der Waals surface area contributed by atoms with E-state index in [2.05, 4.69) is 31.0 Å². The molecule has 1 aromatic rings. The topological polar surface area (TPSA) is 15.3 Å². The summed E-state index contributed by atoms with van der Waals surface area (Å²) < 4.78 is 13.1. The molecule has 2 nitrogen and oxygen atoms in total. The van der Waals surface area contributed by atoms with Crippen LogP contribution in [-0.2, 0) is 0 Å². The number of hydrogen-bond donors (Lipinski definition) is 1. The van der Waals surface area contributed by atoms with Crippen molar-refractivity contribution >= 4 is 0 Å². The second-order valence-electron chi connectivity index (χ2n) is 6.56. The lowest BCUT2D eigenvalue weighted by atomic mass is 10.0. The molecule has 118 valence electrons. The molecule has 0 bridgehead atoms. The molecule has 3 atom stereocenters. The molecule has 21 heavy (non-hydrogen) atoms. The maximum Gasteiger partial charge on any atom is 0.123 e. The third-order valence-corrected chi connectivity index (χ3v) is 4.71. The molecule has 0 aromatic heterocycles. The van der Waals surface area contributed by atoms with Gasteiger partial charge in [0.1, 0.15) is 5.82 Å². The monoisotopic (exact) mass is 292 g/mol. The van der Waals surface area contributed by atoms with Crippen molar-refractivity contribution in [3.05, 3.63) is 35.6 Å². The van der Waals surface area contributed by atoms with Crippen LogP contribution in [0.1, 0.15) is 45.2 Å². The van der Waals surface area contributed by atoms with Gasteiger partial charge in [0.15, 0.2) is 0 Å². The van der Waals surface area contributed by atoms with Gasteiger partial charge in [-0.2, -0.15) is 0 Å². The third kappa shape index (κ3) is 4.79. The second-order valence-corrected chi connectivity index (χ2v) is 6.56. The smallest absolute Gasteiger partial charge is 0.123 e. The molecule has 1 heterocycles. The van der Waals surface area contributed by atoms with Crippen molar-refractivity contribution < 1.29 is 4.39 Å². The van der Waals surface area contributed by atoms with E-state index in [0.717, 1.165) is 37.8 Å². The highest BCUT2D eigenvalue weighted by Crippen LogP contribution is 2.24. The summed E-state index contributed by atoms with van der Waals surface area (Å²) in [7, 11) is 0. The van der Waals surface area contributed by atoms with Crippen molar-refractivity contribution in [2.75, 3.05) is 26.2 Å². The number of benzene rings is 1. The lowest BCUT2D eigenvalue weighted by Gasteiger charge is -2.23. The van der Waals surface area contributed by atoms with Crippen LogP contribution in [0.5, 0.6) is 0 Å². The van der Waals surface area contributed by atoms with Gasteiger partial charge in [0, 0.05) is 19.1 Å². The van der Waals surface area contributed by atoms with Crippen LogP contribution in [0.3, 0.4) is 0 Å². The van der Waals surface area contributed by atoms with Crippen molar-refractivity contribution in [3.8, 4) is 0 Å². The summed E-state index contributed by atoms with van der Waals surface area (Å²) in [6, 6.07) is 7.29. The van der Waals surface area contributed by atoms with Crippen LogP contribution < -0.4 is 5.32 Å². The van der Waals surface area contributed by atoms with Gasteiger partial charge in [-0.1, -0.05) is 32.9 Å². The van der Waals surface area contributed by atoms with Crippen LogP contribution in [0.2, 0.25) is 0 Å². The molecular formula is C18H29FN2. The molecule has 1 aromatic carbocycles. The van der Waals surface area contributed by atoms with Gasteiger partial charge in [-0.3, -0.25) is 0 Å². The minimum Gasteiger partial charge on any atom is -0.310 e. The van der Waals surface area contributed by atoms with Gasteiger partial charge in [-0.15, -0.1) is 0 Å². The van der Waals surface area contributed by atoms with Crippen LogP contribution >= 0.6 is 0 Å². The first kappa shape index (κ1) is 16.4. The van der Waals surface area contributed by atoms with Gasteiger partial charge >= 0.3 is 0 Å². The minimum absolute atomic E-state index is 0.157. The molecule has 1 aliphatic rings. The zero-order valence-corrected chi connectivity index (χ0v) is 13.6. The maximum atomic E-state index is 13.1. The Morgan fingerprint density at radius 2 is 1.81 bits per heavy atom. The van der Waals surface area contributed by atoms with Gasteiger partial charge in [0.2, 0.25) is 0 Å². The largest absolute Gasteiger partial charge is 0.310 e. The Morgan fingerprint density at radius 1 is 1.19 bits per heavy atom. The van der Waals surface area contributed by atoms with Crippen molar-refractivity contribution in [2.24, 2.45) is 11.8 Å². The molecule has 1 N–H and O–H groups in total. The summed E-state index contributed by atoms with van der Waals surface area (Å²) in [5, 5.41) is 3.60. The fourth-order valence-electron chi connectivity index (χ4n) is 3.14. The Kier molecular flexibility index (Phi) is 6.19. The summed E-state index contributed by atoms with van der Waals surface area (Å²) >= 11 is 0. The SMILES string of the molecule is CCCNC(CCN1CC(C)C(C)C1)c1ccc(F)cc1. The summed E-state index contributed by atoms with van der Waals surface area (Å²) in [6.45, 7) is 11.4. The lowest BCUT2D eigenvalue weighted by Crippen LogP contribution is -2.29. The first-order valence-electron chi connectivity index (χ1n) is 8.31. The predicted molar refractivity (Wildman–Crippen MR) is 86.8 cm³/mol. The van der Waals surface area contributed by atoms with E-state index in [9.17, 15) is 4.39 Å². The molecule has 2 rings (SSSR count). The van der Waals surface area contributed by atoms with Crippen LogP contribution in [0.4, 0.5) is 4.39 Å². The van der Waals surface area contributed by atoms with E-state index in [1.165, 1.54) is 18.7 Å². The van der Waals surface area contributed by atoms with E-state index >= 15 is 0 Å². The number of nitrogens with one attached hydrogen (secondary N) is 1. The Hall–Kier alpha value is -0.930. The van der Waals surface area contributed by atoms with Crippen molar-refractivity contribution in [1.29, 1.82) is 0 Å². The van der Waals surface area contributed by atoms with Crippen molar-refractivity contribution in [3.63, 3.8) is 0 Å². The number of rotatable bonds is 7. The molecule has 3 heteroatoms. The number of nitrogens with zero attached hydrogens (tertiary/aromatic N) is 1. The first-order chi connectivity index (χ1) is 10.1. The van der Waals surface area contributed by atoms with E-state index in [1.54, 1.807) is 12.1 Å². The summed E-state index contributed by atoms with van der Waals surface area (Å²) in [5.74, 6) is 1.45. The zero-order chi connectivity index (χ0) is 15.2. The molecule has 3 unspecified atom stereocenters. The Labute approximate surface area is 128 Å². The quantitative estimate of drug-likeness (QED) is 0.821. The average Bonchev–Trinajstić information content (AvgIpc) is 2.79. The Bertz CT molecular complexity index is 408. The van der Waals surface area contributed by atoms with Gasteiger partial charge in [-0.05, 0) is 55.5 Å². The van der Waals surface area contributed by atoms with Gasteiger partial charge in [0.05, 0.1) is 0 Å².